The summed E-state index contributed by atoms with van der Waals surface area (Å²) in [6, 6.07) is 31.6. The minimum Gasteiger partial charge on any atom is -0.338 e. The molecule has 0 saturated carbocycles. The van der Waals surface area contributed by atoms with E-state index < -0.39 is 0 Å². The number of rotatable bonds is 2. The Morgan fingerprint density at radius 1 is 0.640 bits per heavy atom. The number of nitrogens with one attached hydrogen (secondary N) is 1. The lowest BCUT2D eigenvalue weighted by Crippen LogP contribution is -1.82. The SMILES string of the molecule is c1ccc(-c2ccc3[nH]c(-c4cccc5ccccc45)nc3c2)cc1. The van der Waals surface area contributed by atoms with Crippen molar-refractivity contribution in [3.63, 3.8) is 0 Å². The number of nitrogens with zero attached hydrogens (tertiary/aromatic N) is 1. The molecule has 0 aliphatic rings. The van der Waals surface area contributed by atoms with Crippen LogP contribution in [-0.4, -0.2) is 9.97 Å². The van der Waals surface area contributed by atoms with Crippen LogP contribution in [0.2, 0.25) is 0 Å². The molecule has 5 aromatic rings. The Morgan fingerprint density at radius 2 is 1.44 bits per heavy atom. The van der Waals surface area contributed by atoms with E-state index in [0.29, 0.717) is 0 Å². The van der Waals surface area contributed by atoms with Gasteiger partial charge in [0, 0.05) is 5.56 Å². The van der Waals surface area contributed by atoms with E-state index in [4.69, 9.17) is 4.98 Å². The van der Waals surface area contributed by atoms with Gasteiger partial charge in [-0.05, 0) is 34.0 Å². The Bertz CT molecular complexity index is 1180. The van der Waals surface area contributed by atoms with Crippen LogP contribution in [0.25, 0.3) is 44.3 Å². The topological polar surface area (TPSA) is 28.7 Å². The van der Waals surface area contributed by atoms with E-state index in [2.05, 4.69) is 89.9 Å². The Balaban J connectivity index is 1.68. The third-order valence-electron chi connectivity index (χ3n) is 4.63. The van der Waals surface area contributed by atoms with E-state index in [0.717, 1.165) is 22.4 Å². The molecule has 4 aromatic carbocycles. The molecule has 0 unspecified atom stereocenters. The summed E-state index contributed by atoms with van der Waals surface area (Å²) in [6.07, 6.45) is 0. The number of H-pyrrole nitrogens is 1. The predicted octanol–water partition coefficient (Wildman–Crippen LogP) is 6.05. The fourth-order valence-corrected chi connectivity index (χ4v) is 3.38. The van der Waals surface area contributed by atoms with Crippen LogP contribution >= 0.6 is 0 Å². The van der Waals surface area contributed by atoms with Gasteiger partial charge in [0.25, 0.3) is 0 Å². The molecule has 2 heteroatoms. The number of hydrogen-bond acceptors (Lipinski definition) is 1. The lowest BCUT2D eigenvalue weighted by molar-refractivity contribution is 1.35. The molecular formula is C23H16N2. The second-order valence-corrected chi connectivity index (χ2v) is 6.21. The zero-order chi connectivity index (χ0) is 16.6. The van der Waals surface area contributed by atoms with Crippen molar-refractivity contribution in [1.29, 1.82) is 0 Å². The first-order valence-corrected chi connectivity index (χ1v) is 8.42. The van der Waals surface area contributed by atoms with Crippen LogP contribution in [0.15, 0.2) is 91.0 Å². The van der Waals surface area contributed by atoms with Crippen molar-refractivity contribution in [2.75, 3.05) is 0 Å². The molecular weight excluding hydrogens is 304 g/mol. The summed E-state index contributed by atoms with van der Waals surface area (Å²) in [5.41, 5.74) is 5.57. The van der Waals surface area contributed by atoms with Crippen molar-refractivity contribution in [1.82, 2.24) is 9.97 Å². The highest BCUT2D eigenvalue weighted by Crippen LogP contribution is 2.30. The number of hydrogen-bond donors (Lipinski definition) is 1. The second-order valence-electron chi connectivity index (χ2n) is 6.21. The molecule has 0 atom stereocenters. The summed E-state index contributed by atoms with van der Waals surface area (Å²) >= 11 is 0. The first kappa shape index (κ1) is 14.0. The fraction of sp³-hybridized carbons (Fsp3) is 0. The smallest absolute Gasteiger partial charge is 0.139 e. The Hall–Kier alpha value is -3.39. The second kappa shape index (κ2) is 5.60. The standard InChI is InChI=1S/C23H16N2/c1-2-7-16(8-3-1)18-13-14-21-22(15-18)25-23(24-21)20-12-6-10-17-9-4-5-11-19(17)20/h1-15H,(H,24,25). The molecule has 0 aliphatic carbocycles. The van der Waals surface area contributed by atoms with Gasteiger partial charge in [-0.25, -0.2) is 4.98 Å². The third-order valence-corrected chi connectivity index (χ3v) is 4.63. The molecule has 2 nitrogen and oxygen atoms in total. The zero-order valence-electron chi connectivity index (χ0n) is 13.6. The lowest BCUT2D eigenvalue weighted by atomic mass is 10.0. The van der Waals surface area contributed by atoms with E-state index in [1.807, 2.05) is 6.07 Å². The van der Waals surface area contributed by atoms with Gasteiger partial charge in [-0.2, -0.15) is 0 Å². The average molecular weight is 320 g/mol. The summed E-state index contributed by atoms with van der Waals surface area (Å²) in [6.45, 7) is 0. The molecule has 25 heavy (non-hydrogen) atoms. The van der Waals surface area contributed by atoms with E-state index in [1.54, 1.807) is 0 Å². The van der Waals surface area contributed by atoms with Gasteiger partial charge in [0.05, 0.1) is 11.0 Å². The summed E-state index contributed by atoms with van der Waals surface area (Å²) in [5, 5.41) is 2.44. The maximum atomic E-state index is 4.86. The van der Waals surface area contributed by atoms with Crippen LogP contribution in [0.4, 0.5) is 0 Å². The zero-order valence-corrected chi connectivity index (χ0v) is 13.6. The summed E-state index contributed by atoms with van der Waals surface area (Å²) < 4.78 is 0. The molecule has 0 amide bonds. The van der Waals surface area contributed by atoms with Crippen molar-refractivity contribution in [2.45, 2.75) is 0 Å². The van der Waals surface area contributed by atoms with Crippen LogP contribution in [0, 0.1) is 0 Å². The lowest BCUT2D eigenvalue weighted by Gasteiger charge is -2.03. The molecule has 0 radical (unpaired) electrons. The van der Waals surface area contributed by atoms with Crippen molar-refractivity contribution in [3.05, 3.63) is 91.0 Å². The fourth-order valence-electron chi connectivity index (χ4n) is 3.38. The predicted molar refractivity (Wildman–Crippen MR) is 104 cm³/mol. The molecule has 1 aromatic heterocycles. The Labute approximate surface area is 145 Å². The molecule has 1 N–H and O–H groups in total. The maximum absolute atomic E-state index is 4.86. The number of aromatic amines is 1. The van der Waals surface area contributed by atoms with E-state index in [1.165, 1.54) is 21.9 Å². The van der Waals surface area contributed by atoms with E-state index in [-0.39, 0.29) is 0 Å². The number of fused-ring (bicyclic) bond motifs is 2. The summed E-state index contributed by atoms with van der Waals surface area (Å²) in [7, 11) is 0. The van der Waals surface area contributed by atoms with E-state index in [9.17, 15) is 0 Å². The maximum Gasteiger partial charge on any atom is 0.139 e. The molecule has 0 spiro atoms. The van der Waals surface area contributed by atoms with Crippen LogP contribution < -0.4 is 0 Å². The Morgan fingerprint density at radius 3 is 2.36 bits per heavy atom. The van der Waals surface area contributed by atoms with Crippen LogP contribution in [0.1, 0.15) is 0 Å². The molecule has 0 bridgehead atoms. The van der Waals surface area contributed by atoms with Crippen LogP contribution in [-0.2, 0) is 0 Å². The molecule has 5 rings (SSSR count). The quantitative estimate of drug-likeness (QED) is 0.421. The first-order valence-electron chi connectivity index (χ1n) is 8.42. The normalized spacial score (nSPS) is 11.2. The van der Waals surface area contributed by atoms with Gasteiger partial charge >= 0.3 is 0 Å². The van der Waals surface area contributed by atoms with Gasteiger partial charge in [0.15, 0.2) is 0 Å². The number of aromatic nitrogens is 2. The van der Waals surface area contributed by atoms with Gasteiger partial charge in [0.2, 0.25) is 0 Å². The summed E-state index contributed by atoms with van der Waals surface area (Å²) in [5.74, 6) is 0.914. The van der Waals surface area contributed by atoms with Gasteiger partial charge < -0.3 is 4.98 Å². The molecule has 0 saturated heterocycles. The number of imidazole rings is 1. The molecule has 118 valence electrons. The van der Waals surface area contributed by atoms with Crippen molar-refractivity contribution >= 4 is 21.8 Å². The van der Waals surface area contributed by atoms with E-state index >= 15 is 0 Å². The highest BCUT2D eigenvalue weighted by Gasteiger charge is 2.09. The van der Waals surface area contributed by atoms with Gasteiger partial charge in [0.1, 0.15) is 5.82 Å². The number of benzene rings is 4. The van der Waals surface area contributed by atoms with Crippen molar-refractivity contribution in [3.8, 4) is 22.5 Å². The van der Waals surface area contributed by atoms with Gasteiger partial charge in [-0.1, -0.05) is 78.9 Å². The Kier molecular flexibility index (Phi) is 3.14. The van der Waals surface area contributed by atoms with Crippen molar-refractivity contribution in [2.24, 2.45) is 0 Å². The third kappa shape index (κ3) is 2.39. The molecule has 0 fully saturated rings. The van der Waals surface area contributed by atoms with Crippen molar-refractivity contribution < 1.29 is 0 Å². The average Bonchev–Trinajstić information content (AvgIpc) is 3.11. The van der Waals surface area contributed by atoms with Crippen LogP contribution in [0.5, 0.6) is 0 Å². The highest BCUT2D eigenvalue weighted by molar-refractivity contribution is 5.96. The monoisotopic (exact) mass is 320 g/mol. The molecule has 0 aliphatic heterocycles. The van der Waals surface area contributed by atoms with Crippen LogP contribution in [0.3, 0.4) is 0 Å². The minimum absolute atomic E-state index is 0.914. The first-order chi connectivity index (χ1) is 12.4. The molecule has 1 heterocycles. The minimum atomic E-state index is 0.914. The van der Waals surface area contributed by atoms with Gasteiger partial charge in [-0.3, -0.25) is 0 Å². The largest absolute Gasteiger partial charge is 0.338 e. The highest BCUT2D eigenvalue weighted by atomic mass is 14.9. The summed E-state index contributed by atoms with van der Waals surface area (Å²) in [4.78, 5) is 8.34. The van der Waals surface area contributed by atoms with Gasteiger partial charge in [-0.15, -0.1) is 0 Å².